The minimum absolute atomic E-state index is 0.0216. The van der Waals surface area contributed by atoms with Gasteiger partial charge in [0.05, 0.1) is 6.10 Å². The topological polar surface area (TPSA) is 81.8 Å². The number of carboxylic acid groups (broad SMARTS) is 1. The molecule has 1 unspecified atom stereocenters. The molecule has 1 aliphatic rings. The van der Waals surface area contributed by atoms with Crippen molar-refractivity contribution in [1.82, 2.24) is 0 Å². The molecule has 1 fully saturated rings. The van der Waals surface area contributed by atoms with Gasteiger partial charge in [-0.15, -0.1) is 0 Å². The van der Waals surface area contributed by atoms with Crippen LogP contribution in [0.5, 0.6) is 5.75 Å². The zero-order valence-corrected chi connectivity index (χ0v) is 10.1. The van der Waals surface area contributed by atoms with Crippen LogP contribution in [0.2, 0.25) is 0 Å². The molecule has 3 N–H and O–H groups in total. The first-order chi connectivity index (χ1) is 8.68. The predicted octanol–water partition coefficient (Wildman–Crippen LogP) is 1.91. The molecule has 2 rings (SSSR count). The molecule has 1 atom stereocenters. The van der Waals surface area contributed by atoms with Crippen molar-refractivity contribution in [3.63, 3.8) is 0 Å². The second-order valence-corrected chi connectivity index (χ2v) is 4.33. The van der Waals surface area contributed by atoms with Gasteiger partial charge in [0, 0.05) is 12.3 Å². The highest BCUT2D eigenvalue weighted by molar-refractivity contribution is 5.96. The Morgan fingerprint density at radius 2 is 2.33 bits per heavy atom. The molecular formula is C13H17NO4. The maximum absolute atomic E-state index is 11.1. The lowest BCUT2D eigenvalue weighted by Gasteiger charge is -2.23. The van der Waals surface area contributed by atoms with E-state index in [9.17, 15) is 4.79 Å². The lowest BCUT2D eigenvalue weighted by atomic mass is 10.1. The van der Waals surface area contributed by atoms with E-state index in [1.54, 1.807) is 18.2 Å². The lowest BCUT2D eigenvalue weighted by molar-refractivity contribution is -0.0113. The Balaban J connectivity index is 2.04. The summed E-state index contributed by atoms with van der Waals surface area (Å²) in [5.74, 6) is -0.774. The summed E-state index contributed by atoms with van der Waals surface area (Å²) >= 11 is 0. The first kappa shape index (κ1) is 12.7. The highest BCUT2D eigenvalue weighted by Crippen LogP contribution is 2.25. The van der Waals surface area contributed by atoms with Crippen LogP contribution in [0.1, 0.15) is 29.6 Å². The Hall–Kier alpha value is -1.75. The average Bonchev–Trinajstić information content (AvgIpc) is 2.37. The SMILES string of the molecule is Nc1cccc(OCC2CCCCO2)c1C(=O)O. The molecule has 0 spiro atoms. The van der Waals surface area contributed by atoms with Crippen LogP contribution in [0.3, 0.4) is 0 Å². The number of anilines is 1. The number of hydrogen-bond acceptors (Lipinski definition) is 4. The third-order valence-corrected chi connectivity index (χ3v) is 2.97. The highest BCUT2D eigenvalue weighted by Gasteiger charge is 2.18. The monoisotopic (exact) mass is 251 g/mol. The van der Waals surface area contributed by atoms with Crippen LogP contribution in [0.4, 0.5) is 5.69 Å². The summed E-state index contributed by atoms with van der Waals surface area (Å²) in [5.41, 5.74) is 5.87. The maximum Gasteiger partial charge on any atom is 0.341 e. The van der Waals surface area contributed by atoms with E-state index in [0.717, 1.165) is 25.9 Å². The van der Waals surface area contributed by atoms with Gasteiger partial charge in [0.1, 0.15) is 17.9 Å². The number of carboxylic acids is 1. The Morgan fingerprint density at radius 3 is 3.00 bits per heavy atom. The Labute approximate surface area is 106 Å². The molecule has 0 radical (unpaired) electrons. The van der Waals surface area contributed by atoms with Crippen molar-refractivity contribution in [3.8, 4) is 5.75 Å². The Kier molecular flexibility index (Phi) is 4.04. The number of rotatable bonds is 4. The summed E-state index contributed by atoms with van der Waals surface area (Å²) in [5, 5.41) is 9.09. The zero-order chi connectivity index (χ0) is 13.0. The molecule has 1 heterocycles. The molecule has 18 heavy (non-hydrogen) atoms. The third-order valence-electron chi connectivity index (χ3n) is 2.97. The molecule has 1 aliphatic heterocycles. The van der Waals surface area contributed by atoms with Crippen molar-refractivity contribution in [2.45, 2.75) is 25.4 Å². The maximum atomic E-state index is 11.1. The number of hydrogen-bond donors (Lipinski definition) is 2. The average molecular weight is 251 g/mol. The fourth-order valence-corrected chi connectivity index (χ4v) is 2.02. The number of aromatic carboxylic acids is 1. The summed E-state index contributed by atoms with van der Waals surface area (Å²) in [7, 11) is 0. The van der Waals surface area contributed by atoms with Crippen molar-refractivity contribution in [2.24, 2.45) is 0 Å². The van der Waals surface area contributed by atoms with Gasteiger partial charge >= 0.3 is 5.97 Å². The minimum Gasteiger partial charge on any atom is -0.490 e. The number of benzene rings is 1. The molecule has 98 valence electrons. The van der Waals surface area contributed by atoms with Crippen LogP contribution in [-0.4, -0.2) is 30.4 Å². The molecule has 1 aromatic rings. The molecule has 5 nitrogen and oxygen atoms in total. The van der Waals surface area contributed by atoms with Crippen molar-refractivity contribution in [3.05, 3.63) is 23.8 Å². The van der Waals surface area contributed by atoms with Gasteiger partial charge in [0.25, 0.3) is 0 Å². The second-order valence-electron chi connectivity index (χ2n) is 4.33. The predicted molar refractivity (Wildman–Crippen MR) is 66.9 cm³/mol. The molecule has 1 saturated heterocycles. The van der Waals surface area contributed by atoms with E-state index >= 15 is 0 Å². The van der Waals surface area contributed by atoms with Crippen LogP contribution >= 0.6 is 0 Å². The summed E-state index contributed by atoms with van der Waals surface area (Å²) in [6, 6.07) is 4.84. The fraction of sp³-hybridized carbons (Fsp3) is 0.462. The number of carbonyl (C=O) groups is 1. The van der Waals surface area contributed by atoms with Crippen molar-refractivity contribution in [2.75, 3.05) is 18.9 Å². The van der Waals surface area contributed by atoms with Gasteiger partial charge in [-0.05, 0) is 31.4 Å². The lowest BCUT2D eigenvalue weighted by Crippen LogP contribution is -2.26. The standard InChI is InChI=1S/C13H17NO4/c14-10-5-3-6-11(12(10)13(15)16)18-8-9-4-1-2-7-17-9/h3,5-6,9H,1-2,4,7-8,14H2,(H,15,16). The van der Waals surface area contributed by atoms with E-state index in [2.05, 4.69) is 0 Å². The van der Waals surface area contributed by atoms with E-state index in [-0.39, 0.29) is 17.4 Å². The van der Waals surface area contributed by atoms with Gasteiger partial charge in [-0.3, -0.25) is 0 Å². The van der Waals surface area contributed by atoms with Gasteiger partial charge in [0.15, 0.2) is 0 Å². The molecule has 5 heteroatoms. The van der Waals surface area contributed by atoms with E-state index in [4.69, 9.17) is 20.3 Å². The van der Waals surface area contributed by atoms with Crippen LogP contribution < -0.4 is 10.5 Å². The van der Waals surface area contributed by atoms with Crippen molar-refractivity contribution < 1.29 is 19.4 Å². The summed E-state index contributed by atoms with van der Waals surface area (Å²) in [4.78, 5) is 11.1. The first-order valence-corrected chi connectivity index (χ1v) is 6.04. The zero-order valence-electron chi connectivity index (χ0n) is 10.1. The number of ether oxygens (including phenoxy) is 2. The van der Waals surface area contributed by atoms with E-state index < -0.39 is 5.97 Å². The molecule has 0 aliphatic carbocycles. The molecule has 0 aromatic heterocycles. The number of nitrogen functional groups attached to an aromatic ring is 1. The van der Waals surface area contributed by atoms with Crippen molar-refractivity contribution in [1.29, 1.82) is 0 Å². The minimum atomic E-state index is -1.08. The fourth-order valence-electron chi connectivity index (χ4n) is 2.02. The quantitative estimate of drug-likeness (QED) is 0.799. The molecular weight excluding hydrogens is 234 g/mol. The third kappa shape index (κ3) is 2.92. The van der Waals surface area contributed by atoms with Crippen LogP contribution in [0.25, 0.3) is 0 Å². The van der Waals surface area contributed by atoms with Gasteiger partial charge in [-0.1, -0.05) is 6.07 Å². The molecule has 0 bridgehead atoms. The first-order valence-electron chi connectivity index (χ1n) is 6.04. The number of nitrogens with two attached hydrogens (primary N) is 1. The van der Waals surface area contributed by atoms with Crippen LogP contribution in [0.15, 0.2) is 18.2 Å². The van der Waals surface area contributed by atoms with Gasteiger partial charge in [-0.25, -0.2) is 4.79 Å². The van der Waals surface area contributed by atoms with Gasteiger partial charge in [-0.2, -0.15) is 0 Å². The summed E-state index contributed by atoms with van der Waals surface area (Å²) < 4.78 is 11.1. The summed E-state index contributed by atoms with van der Waals surface area (Å²) in [6.07, 6.45) is 3.19. The van der Waals surface area contributed by atoms with Crippen LogP contribution in [0, 0.1) is 0 Å². The Morgan fingerprint density at radius 1 is 1.50 bits per heavy atom. The van der Waals surface area contributed by atoms with Gasteiger partial charge in [0.2, 0.25) is 0 Å². The van der Waals surface area contributed by atoms with Crippen molar-refractivity contribution >= 4 is 11.7 Å². The van der Waals surface area contributed by atoms with E-state index in [1.807, 2.05) is 0 Å². The second kappa shape index (κ2) is 5.73. The van der Waals surface area contributed by atoms with E-state index in [1.165, 1.54) is 0 Å². The van der Waals surface area contributed by atoms with E-state index in [0.29, 0.717) is 12.4 Å². The normalized spacial score (nSPS) is 19.4. The molecule has 1 aromatic carbocycles. The molecule has 0 amide bonds. The molecule has 0 saturated carbocycles. The highest BCUT2D eigenvalue weighted by atomic mass is 16.5. The Bertz CT molecular complexity index is 427. The largest absolute Gasteiger partial charge is 0.490 e. The van der Waals surface area contributed by atoms with Gasteiger partial charge < -0.3 is 20.3 Å². The smallest absolute Gasteiger partial charge is 0.341 e. The van der Waals surface area contributed by atoms with Crippen LogP contribution in [-0.2, 0) is 4.74 Å². The summed E-state index contributed by atoms with van der Waals surface area (Å²) in [6.45, 7) is 1.11.